The molecule has 138 valence electrons. The molecule has 3 N–H and O–H groups in total. The molecule has 0 saturated heterocycles. The highest BCUT2D eigenvalue weighted by molar-refractivity contribution is 7.97. The van der Waals surface area contributed by atoms with Crippen LogP contribution in [0.3, 0.4) is 0 Å². The van der Waals surface area contributed by atoms with Crippen molar-refractivity contribution in [3.8, 4) is 0 Å². The highest BCUT2D eigenvalue weighted by atomic mass is 32.2. The summed E-state index contributed by atoms with van der Waals surface area (Å²) in [6.07, 6.45) is 5.80. The van der Waals surface area contributed by atoms with Gasteiger partial charge < -0.3 is 20.5 Å². The summed E-state index contributed by atoms with van der Waals surface area (Å²) >= 11 is 1.75. The lowest BCUT2D eigenvalue weighted by atomic mass is 10.2. The minimum atomic E-state index is -0.431. The molecule has 0 unspecified atom stereocenters. The number of thioether (sulfide) groups is 1. The van der Waals surface area contributed by atoms with Gasteiger partial charge in [-0.2, -0.15) is 11.8 Å². The van der Waals surface area contributed by atoms with Crippen molar-refractivity contribution in [2.75, 3.05) is 39.3 Å². The molecular weight excluding hydrogens is 300 g/mol. The standard InChI is InChI=1S/C8H18N2O2.C4H10O.C2H6S.C2H6/c1-8(2,3)12-7(11)10(4)6-5-9;1-2-3-4-5;1-3-2;1-2/h5-6,9H2,1-4H3;5H,2-4H2,1H3;1-2H3;1-2H3. The first-order chi connectivity index (χ1) is 10.2. The van der Waals surface area contributed by atoms with Crippen LogP contribution in [0.2, 0.25) is 0 Å². The molecule has 0 atom stereocenters. The van der Waals surface area contributed by atoms with Crippen molar-refractivity contribution in [3.05, 3.63) is 0 Å². The van der Waals surface area contributed by atoms with E-state index in [4.69, 9.17) is 15.6 Å². The zero-order chi connectivity index (χ0) is 18.6. The largest absolute Gasteiger partial charge is 0.444 e. The first kappa shape index (κ1) is 29.5. The molecule has 0 aliphatic rings. The number of rotatable bonds is 4. The van der Waals surface area contributed by atoms with E-state index in [0.717, 1.165) is 12.8 Å². The predicted octanol–water partition coefficient (Wildman–Crippen LogP) is 3.60. The molecule has 0 aromatic heterocycles. The number of amides is 1. The third-order valence-electron chi connectivity index (χ3n) is 1.68. The van der Waals surface area contributed by atoms with Crippen LogP contribution in [0.15, 0.2) is 0 Å². The average Bonchev–Trinajstić information content (AvgIpc) is 2.42. The molecule has 0 spiro atoms. The van der Waals surface area contributed by atoms with Gasteiger partial charge >= 0.3 is 6.09 Å². The van der Waals surface area contributed by atoms with Crippen LogP contribution >= 0.6 is 11.8 Å². The van der Waals surface area contributed by atoms with Crippen molar-refractivity contribution in [3.63, 3.8) is 0 Å². The van der Waals surface area contributed by atoms with Crippen molar-refractivity contribution in [2.24, 2.45) is 5.73 Å². The molecule has 0 fully saturated rings. The summed E-state index contributed by atoms with van der Waals surface area (Å²) in [5.74, 6) is 0. The Bertz CT molecular complexity index is 208. The van der Waals surface area contributed by atoms with E-state index in [1.54, 1.807) is 18.8 Å². The van der Waals surface area contributed by atoms with Crippen LogP contribution in [0.5, 0.6) is 0 Å². The smallest absolute Gasteiger partial charge is 0.410 e. The van der Waals surface area contributed by atoms with E-state index in [-0.39, 0.29) is 6.09 Å². The zero-order valence-electron chi connectivity index (χ0n) is 16.2. The van der Waals surface area contributed by atoms with Crippen LogP contribution in [0.4, 0.5) is 4.79 Å². The monoisotopic (exact) mass is 340 g/mol. The molecule has 22 heavy (non-hydrogen) atoms. The number of hydrogen-bond acceptors (Lipinski definition) is 5. The number of nitrogens with two attached hydrogens (primary N) is 1. The normalized spacial score (nSPS) is 9.05. The van der Waals surface area contributed by atoms with E-state index in [2.05, 4.69) is 6.92 Å². The number of aliphatic hydroxyl groups excluding tert-OH is 1. The van der Waals surface area contributed by atoms with E-state index < -0.39 is 5.60 Å². The Hall–Kier alpha value is -0.460. The molecule has 5 nitrogen and oxygen atoms in total. The lowest BCUT2D eigenvalue weighted by molar-refractivity contribution is 0.0304. The Kier molecular flexibility index (Phi) is 30.6. The van der Waals surface area contributed by atoms with Gasteiger partial charge in [0.05, 0.1) is 0 Å². The van der Waals surface area contributed by atoms with E-state index in [1.807, 2.05) is 47.1 Å². The summed E-state index contributed by atoms with van der Waals surface area (Å²) in [6.45, 7) is 12.9. The molecule has 0 bridgehead atoms. The molecule has 0 heterocycles. The summed E-state index contributed by atoms with van der Waals surface area (Å²) < 4.78 is 5.08. The number of likely N-dealkylation sites (N-methyl/N-ethyl adjacent to an activating group) is 1. The summed E-state index contributed by atoms with van der Waals surface area (Å²) in [5.41, 5.74) is 4.85. The van der Waals surface area contributed by atoms with Crippen molar-refractivity contribution >= 4 is 17.9 Å². The predicted molar refractivity (Wildman–Crippen MR) is 101 cm³/mol. The van der Waals surface area contributed by atoms with Crippen LogP contribution in [0, 0.1) is 0 Å². The molecule has 0 aliphatic heterocycles. The third kappa shape index (κ3) is 36.6. The maximum absolute atomic E-state index is 11.2. The molecule has 0 rings (SSSR count). The number of ether oxygens (including phenoxy) is 1. The van der Waals surface area contributed by atoms with Gasteiger partial charge in [-0.3, -0.25) is 0 Å². The van der Waals surface area contributed by atoms with Crippen LogP contribution in [-0.2, 0) is 4.74 Å². The van der Waals surface area contributed by atoms with Crippen molar-refractivity contribution in [2.45, 2.75) is 60.0 Å². The minimum absolute atomic E-state index is 0.326. The molecule has 0 radical (unpaired) electrons. The summed E-state index contributed by atoms with van der Waals surface area (Å²) in [5, 5.41) is 8.07. The van der Waals surface area contributed by atoms with Crippen molar-refractivity contribution in [1.29, 1.82) is 0 Å². The van der Waals surface area contributed by atoms with Gasteiger partial charge in [0.15, 0.2) is 0 Å². The Labute approximate surface area is 143 Å². The molecule has 6 heteroatoms. The number of unbranched alkanes of at least 4 members (excludes halogenated alkanes) is 1. The van der Waals surface area contributed by atoms with Gasteiger partial charge in [0, 0.05) is 26.7 Å². The first-order valence-electron chi connectivity index (χ1n) is 7.85. The Morgan fingerprint density at radius 1 is 1.27 bits per heavy atom. The molecule has 0 aromatic carbocycles. The van der Waals surface area contributed by atoms with Crippen LogP contribution in [0.25, 0.3) is 0 Å². The molecule has 1 amide bonds. The van der Waals surface area contributed by atoms with Gasteiger partial charge in [0.1, 0.15) is 5.60 Å². The van der Waals surface area contributed by atoms with Gasteiger partial charge in [-0.05, 0) is 39.7 Å². The second-order valence-electron chi connectivity index (χ2n) is 5.18. The molecule has 0 saturated carbocycles. The van der Waals surface area contributed by atoms with Crippen LogP contribution < -0.4 is 5.73 Å². The maximum atomic E-state index is 11.2. The van der Waals surface area contributed by atoms with Gasteiger partial charge in [-0.25, -0.2) is 4.79 Å². The van der Waals surface area contributed by atoms with Crippen LogP contribution in [-0.4, -0.2) is 61.0 Å². The maximum Gasteiger partial charge on any atom is 0.410 e. The highest BCUT2D eigenvalue weighted by Crippen LogP contribution is 2.08. The summed E-state index contributed by atoms with van der Waals surface area (Å²) in [7, 11) is 1.67. The minimum Gasteiger partial charge on any atom is -0.444 e. The third-order valence-corrected chi connectivity index (χ3v) is 1.68. The quantitative estimate of drug-likeness (QED) is 0.818. The lowest BCUT2D eigenvalue weighted by Crippen LogP contribution is -2.36. The Balaban J connectivity index is -0.000000134. The Morgan fingerprint density at radius 2 is 1.68 bits per heavy atom. The van der Waals surface area contributed by atoms with Crippen molar-refractivity contribution in [1.82, 2.24) is 4.90 Å². The van der Waals surface area contributed by atoms with Gasteiger partial charge in [0.2, 0.25) is 0 Å². The SMILES string of the molecule is CC.CCCCO.CN(CCN)C(=O)OC(C)(C)C.CSC. The fourth-order valence-electron chi connectivity index (χ4n) is 0.783. The fourth-order valence-corrected chi connectivity index (χ4v) is 0.783. The summed E-state index contributed by atoms with van der Waals surface area (Å²) in [6, 6.07) is 0. The lowest BCUT2D eigenvalue weighted by Gasteiger charge is -2.24. The molecular formula is C16H40N2O3S. The second kappa shape index (κ2) is 22.8. The average molecular weight is 341 g/mol. The second-order valence-corrected chi connectivity index (χ2v) is 5.99. The highest BCUT2D eigenvalue weighted by Gasteiger charge is 2.18. The van der Waals surface area contributed by atoms with Gasteiger partial charge in [-0.1, -0.05) is 27.2 Å². The van der Waals surface area contributed by atoms with Gasteiger partial charge in [-0.15, -0.1) is 0 Å². The van der Waals surface area contributed by atoms with E-state index in [9.17, 15) is 4.79 Å². The number of nitrogens with zero attached hydrogens (tertiary/aromatic N) is 1. The number of carbonyl (C=O) groups is 1. The zero-order valence-corrected chi connectivity index (χ0v) is 17.0. The van der Waals surface area contributed by atoms with E-state index >= 15 is 0 Å². The van der Waals surface area contributed by atoms with E-state index in [1.165, 1.54) is 4.90 Å². The fraction of sp³-hybridized carbons (Fsp3) is 0.938. The number of aliphatic hydroxyl groups is 1. The first-order valence-corrected chi connectivity index (χ1v) is 9.48. The van der Waals surface area contributed by atoms with E-state index in [0.29, 0.717) is 19.7 Å². The topological polar surface area (TPSA) is 75.8 Å². The number of hydrogen-bond donors (Lipinski definition) is 2. The summed E-state index contributed by atoms with van der Waals surface area (Å²) in [4.78, 5) is 12.7. The van der Waals surface area contributed by atoms with Crippen LogP contribution in [0.1, 0.15) is 54.4 Å². The Morgan fingerprint density at radius 3 is 1.86 bits per heavy atom. The van der Waals surface area contributed by atoms with Gasteiger partial charge in [0.25, 0.3) is 0 Å². The molecule has 0 aliphatic carbocycles. The van der Waals surface area contributed by atoms with Crippen molar-refractivity contribution < 1.29 is 14.6 Å². The number of carbonyl (C=O) groups excluding carboxylic acids is 1. The molecule has 0 aromatic rings.